The highest BCUT2D eigenvalue weighted by molar-refractivity contribution is 6.51. The molecule has 0 fully saturated rings. The molecule has 0 atom stereocenters. The Kier molecular flexibility index (Phi) is 7.62. The maximum Gasteiger partial charge on any atom is 0.459 e. The van der Waals surface area contributed by atoms with Crippen molar-refractivity contribution in [3.63, 3.8) is 0 Å². The van der Waals surface area contributed by atoms with E-state index in [9.17, 15) is 80.6 Å². The van der Waals surface area contributed by atoms with Crippen LogP contribution < -0.4 is 0 Å². The number of nitrogens with zero attached hydrogens (tertiary/aromatic N) is 2. The summed E-state index contributed by atoms with van der Waals surface area (Å²) in [7, 11) is 0. The summed E-state index contributed by atoms with van der Waals surface area (Å²) in [6.07, 6.45) is -13.6. The van der Waals surface area contributed by atoms with Crippen molar-refractivity contribution >= 4 is 89.9 Å². The number of rotatable bonds is 6. The third-order valence-corrected chi connectivity index (χ3v) is 9.85. The van der Waals surface area contributed by atoms with Crippen molar-refractivity contribution in [1.29, 1.82) is 0 Å². The summed E-state index contributed by atoms with van der Waals surface area (Å²) in [4.78, 5) is 52.6. The number of alkyl halides is 14. The molecule has 0 saturated carbocycles. The number of halogens is 16. The molecule has 5 aromatic rings. The molecule has 7 rings (SSSR count). The van der Waals surface area contributed by atoms with Gasteiger partial charge in [-0.3, -0.25) is 29.0 Å². The Morgan fingerprint density at radius 1 is 0.426 bits per heavy atom. The van der Waals surface area contributed by atoms with Crippen LogP contribution in [-0.2, 0) is 0 Å². The smallest absolute Gasteiger partial charge is 0.269 e. The number of hydrogen-bond donors (Lipinski definition) is 0. The van der Waals surface area contributed by atoms with E-state index in [0.717, 1.165) is 36.4 Å². The van der Waals surface area contributed by atoms with Gasteiger partial charge in [0.05, 0.1) is 24.2 Å². The second-order valence-corrected chi connectivity index (χ2v) is 13.1. The summed E-state index contributed by atoms with van der Waals surface area (Å²) < 4.78 is 190. The largest absolute Gasteiger partial charge is 0.459 e. The number of carbonyl (C=O) groups excluding carboxylic acids is 4. The number of carbonyl (C=O) groups is 4. The molecule has 0 N–H and O–H groups in total. The fourth-order valence-electron chi connectivity index (χ4n) is 6.77. The molecule has 6 nitrogen and oxygen atoms in total. The van der Waals surface area contributed by atoms with Crippen LogP contribution in [0.2, 0.25) is 10.0 Å². The molecule has 5 aromatic carbocycles. The third kappa shape index (κ3) is 4.67. The summed E-state index contributed by atoms with van der Waals surface area (Å²) in [6.45, 7) is -5.42. The minimum Gasteiger partial charge on any atom is -0.269 e. The molecule has 4 amide bonds. The van der Waals surface area contributed by atoms with Crippen molar-refractivity contribution in [3.05, 3.63) is 68.7 Å². The number of imide groups is 2. The van der Waals surface area contributed by atoms with Crippen LogP contribution in [0.25, 0.3) is 43.1 Å². The molecule has 0 bridgehead atoms. The van der Waals surface area contributed by atoms with Gasteiger partial charge in [0.1, 0.15) is 0 Å². The molecule has 0 spiro atoms. The SMILES string of the molecule is O=C1c2ccc3c4c(Cl)cc5c6c(cc(Cl)c(c7ccc(c2c37)C(=O)N1CC(F)(F)C(F)(F)C(F)(F)F)c64)C(=O)N(CC(F)(F)C(F)(F)C(F)(F)F)C5=O. The van der Waals surface area contributed by atoms with E-state index in [1.54, 1.807) is 0 Å². The van der Waals surface area contributed by atoms with Gasteiger partial charge in [0.15, 0.2) is 0 Å². The zero-order valence-corrected chi connectivity index (χ0v) is 27.0. The van der Waals surface area contributed by atoms with E-state index >= 15 is 0 Å². The zero-order chi connectivity index (χ0) is 40.2. The lowest BCUT2D eigenvalue weighted by atomic mass is 9.82. The predicted octanol–water partition coefficient (Wildman–Crippen LogP) is 9.90. The van der Waals surface area contributed by atoms with Crippen molar-refractivity contribution in [3.8, 4) is 0 Å². The van der Waals surface area contributed by atoms with Crippen molar-refractivity contribution < 1.29 is 80.6 Å². The third-order valence-electron chi connectivity index (χ3n) is 9.25. The topological polar surface area (TPSA) is 74.8 Å². The van der Waals surface area contributed by atoms with Crippen LogP contribution in [0.4, 0.5) is 61.5 Å². The first-order valence-electron chi connectivity index (χ1n) is 14.6. The van der Waals surface area contributed by atoms with E-state index < -0.39 is 115 Å². The summed E-state index contributed by atoms with van der Waals surface area (Å²) in [6, 6.07) is 5.45. The van der Waals surface area contributed by atoms with E-state index in [4.69, 9.17) is 23.2 Å². The van der Waals surface area contributed by atoms with E-state index in [2.05, 4.69) is 0 Å². The molecule has 0 aromatic heterocycles. The highest BCUT2D eigenvalue weighted by Crippen LogP contribution is 2.53. The molecule has 0 radical (unpaired) electrons. The molecular formula is C32H10Cl2F14N2O4. The fraction of sp³-hybridized carbons (Fsp3) is 0.250. The predicted molar refractivity (Wildman–Crippen MR) is 160 cm³/mol. The normalized spacial score (nSPS) is 16.4. The molecule has 2 aliphatic rings. The Hall–Kier alpha value is -4.72. The number of fused-ring (bicyclic) bond motifs is 2. The summed E-state index contributed by atoms with van der Waals surface area (Å²) >= 11 is 13.1. The van der Waals surface area contributed by atoms with Crippen molar-refractivity contribution in [2.24, 2.45) is 0 Å². The summed E-state index contributed by atoms with van der Waals surface area (Å²) in [5.74, 6) is -32.3. The minimum atomic E-state index is -6.79. The molecule has 0 saturated heterocycles. The molecule has 284 valence electrons. The Labute approximate surface area is 298 Å². The highest BCUT2D eigenvalue weighted by atomic mass is 35.5. The second kappa shape index (κ2) is 10.9. The first-order chi connectivity index (χ1) is 24.6. The van der Waals surface area contributed by atoms with E-state index in [1.807, 2.05) is 0 Å². The zero-order valence-electron chi connectivity index (χ0n) is 25.5. The Bertz CT molecular complexity index is 2440. The van der Waals surface area contributed by atoms with Crippen LogP contribution in [-0.4, -0.2) is 82.6 Å². The van der Waals surface area contributed by atoms with Gasteiger partial charge in [-0.05, 0) is 40.4 Å². The van der Waals surface area contributed by atoms with Gasteiger partial charge in [-0.2, -0.15) is 61.5 Å². The van der Waals surface area contributed by atoms with Crippen molar-refractivity contribution in [2.45, 2.75) is 36.0 Å². The number of benzene rings is 5. The highest BCUT2D eigenvalue weighted by Gasteiger charge is 2.74. The van der Waals surface area contributed by atoms with Crippen LogP contribution in [0.3, 0.4) is 0 Å². The molecule has 0 aliphatic carbocycles. The monoisotopic (exact) mass is 822 g/mol. The number of amides is 4. The van der Waals surface area contributed by atoms with Gasteiger partial charge < -0.3 is 0 Å². The van der Waals surface area contributed by atoms with Crippen LogP contribution >= 0.6 is 23.2 Å². The summed E-state index contributed by atoms with van der Waals surface area (Å²) in [5, 5.41) is -2.27. The first-order valence-corrected chi connectivity index (χ1v) is 15.3. The average Bonchev–Trinajstić information content (AvgIpc) is 3.05. The van der Waals surface area contributed by atoms with Gasteiger partial charge in [-0.25, -0.2) is 0 Å². The van der Waals surface area contributed by atoms with Gasteiger partial charge >= 0.3 is 36.0 Å². The molecule has 22 heteroatoms. The van der Waals surface area contributed by atoms with Crippen LogP contribution in [0.15, 0.2) is 36.4 Å². The minimum absolute atomic E-state index is 0.0375. The maximum absolute atomic E-state index is 14.5. The van der Waals surface area contributed by atoms with Crippen LogP contribution in [0.5, 0.6) is 0 Å². The molecule has 0 unspecified atom stereocenters. The van der Waals surface area contributed by atoms with E-state index in [1.165, 1.54) is 0 Å². The van der Waals surface area contributed by atoms with E-state index in [-0.39, 0.29) is 43.1 Å². The lowest BCUT2D eigenvalue weighted by Gasteiger charge is -2.35. The van der Waals surface area contributed by atoms with E-state index in [0.29, 0.717) is 0 Å². The maximum atomic E-state index is 14.5. The van der Waals surface area contributed by atoms with Gasteiger partial charge in [0, 0.05) is 48.1 Å². The molecule has 54 heavy (non-hydrogen) atoms. The van der Waals surface area contributed by atoms with Gasteiger partial charge in [-0.15, -0.1) is 0 Å². The molecule has 2 aliphatic heterocycles. The molecular weight excluding hydrogens is 813 g/mol. The van der Waals surface area contributed by atoms with Crippen LogP contribution in [0, 0.1) is 0 Å². The summed E-state index contributed by atoms with van der Waals surface area (Å²) in [5.41, 5.74) is -2.70. The molecule has 2 heterocycles. The van der Waals surface area contributed by atoms with Crippen molar-refractivity contribution in [2.75, 3.05) is 13.1 Å². The quantitative estimate of drug-likeness (QED) is 0.0740. The van der Waals surface area contributed by atoms with Gasteiger partial charge in [0.2, 0.25) is 0 Å². The Balaban J connectivity index is 1.44. The Morgan fingerprint density at radius 2 is 0.741 bits per heavy atom. The lowest BCUT2D eigenvalue weighted by Crippen LogP contribution is -2.59. The van der Waals surface area contributed by atoms with Crippen molar-refractivity contribution in [1.82, 2.24) is 9.80 Å². The van der Waals surface area contributed by atoms with Gasteiger partial charge in [0.25, 0.3) is 23.6 Å². The fourth-order valence-corrected chi connectivity index (χ4v) is 7.38. The second-order valence-electron chi connectivity index (χ2n) is 12.3. The first kappa shape index (κ1) is 37.6. The average molecular weight is 823 g/mol. The van der Waals surface area contributed by atoms with Crippen LogP contribution in [0.1, 0.15) is 41.4 Å². The van der Waals surface area contributed by atoms with Gasteiger partial charge in [-0.1, -0.05) is 35.3 Å². The number of hydrogen-bond acceptors (Lipinski definition) is 4. The Morgan fingerprint density at radius 3 is 1.07 bits per heavy atom. The lowest BCUT2D eigenvalue weighted by molar-refractivity contribution is -0.354. The standard InChI is InChI=1S/C32H10Cl2F14N2O4/c33-15-5-13-19-14(26(54)50(25(13)53)8-28(37,38)30(41,42)32(46,47)48)6-16(34)21-10-2-4-12-18-11(3-1-9(17(10)18)20(15)22(19)21)23(51)49(24(12)52)7-27(35,36)29(39,40)31(43,44)45/h1-6H,7-8H2.